The summed E-state index contributed by atoms with van der Waals surface area (Å²) >= 11 is 0. The third-order valence-electron chi connectivity index (χ3n) is 3.01. The molecule has 0 aromatic carbocycles. The molecule has 96 valence electrons. The van der Waals surface area contributed by atoms with Crippen LogP contribution in [0.2, 0.25) is 0 Å². The van der Waals surface area contributed by atoms with Crippen molar-refractivity contribution in [2.24, 2.45) is 0 Å². The van der Waals surface area contributed by atoms with E-state index in [0.717, 1.165) is 19.5 Å². The van der Waals surface area contributed by atoms with Gasteiger partial charge in [-0.25, -0.2) is 0 Å². The number of likely N-dealkylation sites (N-methyl/N-ethyl adjacent to an activating group) is 1. The van der Waals surface area contributed by atoms with Gasteiger partial charge in [-0.05, 0) is 43.1 Å². The summed E-state index contributed by atoms with van der Waals surface area (Å²) in [6.07, 6.45) is 8.71. The second kappa shape index (κ2) is 6.31. The summed E-state index contributed by atoms with van der Waals surface area (Å²) in [7, 11) is 0. The largest absolute Gasteiger partial charge is 0.310 e. The molecule has 0 spiro atoms. The second-order valence-corrected chi connectivity index (χ2v) is 4.30. The van der Waals surface area contributed by atoms with Crippen LogP contribution in [-0.2, 0) is 13.0 Å². The highest BCUT2D eigenvalue weighted by Gasteiger charge is 2.11. The van der Waals surface area contributed by atoms with Gasteiger partial charge in [0.1, 0.15) is 0 Å². The Kier molecular flexibility index (Phi) is 4.47. The van der Waals surface area contributed by atoms with Gasteiger partial charge in [-0.2, -0.15) is 5.10 Å². The predicted molar refractivity (Wildman–Crippen MR) is 72.3 cm³/mol. The SMILES string of the molecule is CCNC(Cc1cnn(CC)c1)c1ccncc1. The zero-order valence-electron chi connectivity index (χ0n) is 11.0. The van der Waals surface area contributed by atoms with Crippen LogP contribution in [0.1, 0.15) is 31.0 Å². The summed E-state index contributed by atoms with van der Waals surface area (Å²) in [6, 6.07) is 4.46. The van der Waals surface area contributed by atoms with Gasteiger partial charge in [0.25, 0.3) is 0 Å². The number of pyridine rings is 1. The fourth-order valence-electron chi connectivity index (χ4n) is 2.07. The fraction of sp³-hybridized carbons (Fsp3) is 0.429. The van der Waals surface area contributed by atoms with Crippen molar-refractivity contribution >= 4 is 0 Å². The van der Waals surface area contributed by atoms with Crippen LogP contribution in [0.25, 0.3) is 0 Å². The number of nitrogens with one attached hydrogen (secondary N) is 1. The van der Waals surface area contributed by atoms with E-state index >= 15 is 0 Å². The number of aryl methyl sites for hydroxylation is 1. The molecule has 0 radical (unpaired) electrons. The normalized spacial score (nSPS) is 12.6. The van der Waals surface area contributed by atoms with Crippen LogP contribution >= 0.6 is 0 Å². The molecule has 0 aliphatic heterocycles. The van der Waals surface area contributed by atoms with Crippen LogP contribution in [0.4, 0.5) is 0 Å². The highest BCUT2D eigenvalue weighted by molar-refractivity contribution is 5.19. The highest BCUT2D eigenvalue weighted by Crippen LogP contribution is 2.17. The summed E-state index contributed by atoms with van der Waals surface area (Å²) in [4.78, 5) is 4.07. The number of nitrogens with zero attached hydrogens (tertiary/aromatic N) is 3. The zero-order valence-corrected chi connectivity index (χ0v) is 11.0. The van der Waals surface area contributed by atoms with Gasteiger partial charge in [-0.3, -0.25) is 9.67 Å². The number of rotatable bonds is 6. The molecule has 1 atom stereocenters. The summed E-state index contributed by atoms with van der Waals surface area (Å²) in [5.41, 5.74) is 2.54. The Morgan fingerprint density at radius 2 is 2.06 bits per heavy atom. The van der Waals surface area contributed by atoms with Crippen LogP contribution in [-0.4, -0.2) is 21.3 Å². The van der Waals surface area contributed by atoms with Gasteiger partial charge in [0.2, 0.25) is 0 Å². The maximum absolute atomic E-state index is 4.32. The van der Waals surface area contributed by atoms with Gasteiger partial charge in [0.15, 0.2) is 0 Å². The molecule has 2 aromatic heterocycles. The number of hydrogen-bond acceptors (Lipinski definition) is 3. The van der Waals surface area contributed by atoms with E-state index in [0.29, 0.717) is 6.04 Å². The molecular weight excluding hydrogens is 224 g/mol. The Bertz CT molecular complexity index is 464. The first-order valence-corrected chi connectivity index (χ1v) is 6.48. The monoisotopic (exact) mass is 244 g/mol. The first-order chi connectivity index (χ1) is 8.83. The number of aromatic nitrogens is 3. The molecule has 0 fully saturated rings. The first-order valence-electron chi connectivity index (χ1n) is 6.48. The van der Waals surface area contributed by atoms with Gasteiger partial charge in [0.05, 0.1) is 6.20 Å². The van der Waals surface area contributed by atoms with Crippen molar-refractivity contribution in [2.45, 2.75) is 32.9 Å². The molecule has 18 heavy (non-hydrogen) atoms. The Morgan fingerprint density at radius 3 is 2.67 bits per heavy atom. The van der Waals surface area contributed by atoms with Gasteiger partial charge in [0, 0.05) is 31.2 Å². The maximum Gasteiger partial charge on any atom is 0.0522 e. The standard InChI is InChI=1S/C14H20N4/c1-3-16-14(13-5-7-15-8-6-13)9-12-10-17-18(4-2)11-12/h5-8,10-11,14,16H,3-4,9H2,1-2H3. The van der Waals surface area contributed by atoms with Crippen LogP contribution in [0.15, 0.2) is 36.9 Å². The van der Waals surface area contributed by atoms with E-state index in [2.05, 4.69) is 47.6 Å². The molecule has 4 nitrogen and oxygen atoms in total. The Labute approximate surface area is 108 Å². The Hall–Kier alpha value is -1.68. The van der Waals surface area contributed by atoms with Crippen molar-refractivity contribution in [2.75, 3.05) is 6.54 Å². The molecule has 0 aliphatic rings. The summed E-state index contributed by atoms with van der Waals surface area (Å²) < 4.78 is 1.96. The predicted octanol–water partition coefficient (Wildman–Crippen LogP) is 2.19. The third kappa shape index (κ3) is 3.17. The molecule has 0 saturated heterocycles. The molecule has 2 heterocycles. The molecule has 1 unspecified atom stereocenters. The lowest BCUT2D eigenvalue weighted by Crippen LogP contribution is -2.22. The number of hydrogen-bond donors (Lipinski definition) is 1. The van der Waals surface area contributed by atoms with Crippen LogP contribution < -0.4 is 5.32 Å². The molecule has 4 heteroatoms. The lowest BCUT2D eigenvalue weighted by atomic mass is 10.0. The van der Waals surface area contributed by atoms with Crippen molar-refractivity contribution < 1.29 is 0 Å². The zero-order chi connectivity index (χ0) is 12.8. The van der Waals surface area contributed by atoms with Gasteiger partial charge in [-0.1, -0.05) is 6.92 Å². The minimum atomic E-state index is 0.326. The van der Waals surface area contributed by atoms with Gasteiger partial charge >= 0.3 is 0 Å². The van der Waals surface area contributed by atoms with E-state index in [-0.39, 0.29) is 0 Å². The average molecular weight is 244 g/mol. The van der Waals surface area contributed by atoms with Gasteiger partial charge < -0.3 is 5.32 Å². The molecule has 0 amide bonds. The van der Waals surface area contributed by atoms with Gasteiger partial charge in [-0.15, -0.1) is 0 Å². The average Bonchev–Trinajstić information content (AvgIpc) is 2.87. The first kappa shape index (κ1) is 12.8. The minimum Gasteiger partial charge on any atom is -0.310 e. The quantitative estimate of drug-likeness (QED) is 0.847. The van der Waals surface area contributed by atoms with Crippen molar-refractivity contribution in [3.63, 3.8) is 0 Å². The lowest BCUT2D eigenvalue weighted by Gasteiger charge is -2.17. The lowest BCUT2D eigenvalue weighted by molar-refractivity contribution is 0.548. The van der Waals surface area contributed by atoms with E-state index in [4.69, 9.17) is 0 Å². The maximum atomic E-state index is 4.32. The van der Waals surface area contributed by atoms with Crippen molar-refractivity contribution in [1.82, 2.24) is 20.1 Å². The van der Waals surface area contributed by atoms with E-state index < -0.39 is 0 Å². The van der Waals surface area contributed by atoms with Crippen molar-refractivity contribution in [1.29, 1.82) is 0 Å². The van der Waals surface area contributed by atoms with E-state index in [1.165, 1.54) is 11.1 Å². The van der Waals surface area contributed by atoms with Crippen molar-refractivity contribution in [3.8, 4) is 0 Å². The highest BCUT2D eigenvalue weighted by atomic mass is 15.3. The van der Waals surface area contributed by atoms with Crippen molar-refractivity contribution in [3.05, 3.63) is 48.0 Å². The molecule has 0 aliphatic carbocycles. The third-order valence-corrected chi connectivity index (χ3v) is 3.01. The Balaban J connectivity index is 2.11. The molecule has 1 N–H and O–H groups in total. The molecule has 0 bridgehead atoms. The van der Waals surface area contributed by atoms with E-state index in [1.54, 1.807) is 0 Å². The van der Waals surface area contributed by atoms with Crippen LogP contribution in [0.3, 0.4) is 0 Å². The van der Waals surface area contributed by atoms with E-state index in [1.807, 2.05) is 23.3 Å². The van der Waals surface area contributed by atoms with E-state index in [9.17, 15) is 0 Å². The molecule has 0 saturated carbocycles. The molecular formula is C14H20N4. The second-order valence-electron chi connectivity index (χ2n) is 4.30. The smallest absolute Gasteiger partial charge is 0.0522 e. The Morgan fingerprint density at radius 1 is 1.28 bits per heavy atom. The fourth-order valence-corrected chi connectivity index (χ4v) is 2.07. The van der Waals surface area contributed by atoms with Crippen LogP contribution in [0.5, 0.6) is 0 Å². The molecule has 2 aromatic rings. The van der Waals surface area contributed by atoms with Crippen LogP contribution in [0, 0.1) is 0 Å². The summed E-state index contributed by atoms with van der Waals surface area (Å²) in [5, 5.41) is 7.83. The molecule has 2 rings (SSSR count). The minimum absolute atomic E-state index is 0.326. The summed E-state index contributed by atoms with van der Waals surface area (Å²) in [5.74, 6) is 0. The summed E-state index contributed by atoms with van der Waals surface area (Å²) in [6.45, 7) is 6.10. The topological polar surface area (TPSA) is 42.7 Å².